The number of alkyl carbamates (subject to hydrolysis) is 1. The Morgan fingerprint density at radius 1 is 1.22 bits per heavy atom. The number of nitrogens with zero attached hydrogens (tertiary/aromatic N) is 1. The Kier molecular flexibility index (Phi) is 9.07. The fourth-order valence-corrected chi connectivity index (χ4v) is 2.74. The Bertz CT molecular complexity index is 643. The van der Waals surface area contributed by atoms with E-state index in [9.17, 15) is 19.7 Å². The van der Waals surface area contributed by atoms with Gasteiger partial charge in [0, 0.05) is 31.0 Å². The maximum absolute atomic E-state index is 12.6. The second kappa shape index (κ2) is 10.8. The molecule has 0 saturated heterocycles. The Balaban J connectivity index is 2.83. The van der Waals surface area contributed by atoms with E-state index in [0.29, 0.717) is 12.1 Å². The van der Waals surface area contributed by atoms with Crippen molar-refractivity contribution in [3.8, 4) is 0 Å². The first-order valence-corrected chi connectivity index (χ1v) is 9.86. The summed E-state index contributed by atoms with van der Waals surface area (Å²) >= 11 is 1.71. The molecule has 27 heavy (non-hydrogen) atoms. The van der Waals surface area contributed by atoms with Crippen molar-refractivity contribution in [3.63, 3.8) is 0 Å². The quantitative estimate of drug-likeness (QED) is 0.376. The highest BCUT2D eigenvalue weighted by Crippen LogP contribution is 2.20. The molecule has 0 aliphatic heterocycles. The molecule has 9 heteroatoms. The van der Waals surface area contributed by atoms with Crippen molar-refractivity contribution in [1.29, 1.82) is 0 Å². The largest absolute Gasteiger partial charge is 0.444 e. The van der Waals surface area contributed by atoms with Crippen LogP contribution < -0.4 is 10.6 Å². The van der Waals surface area contributed by atoms with Gasteiger partial charge in [-0.3, -0.25) is 14.9 Å². The van der Waals surface area contributed by atoms with Gasteiger partial charge in [-0.05, 0) is 32.1 Å². The minimum absolute atomic E-state index is 0.0273. The smallest absolute Gasteiger partial charge is 0.407 e. The molecule has 1 rings (SSSR count). The molecular weight excluding hydrogens is 370 g/mol. The van der Waals surface area contributed by atoms with Gasteiger partial charge >= 0.3 is 6.09 Å². The van der Waals surface area contributed by atoms with Gasteiger partial charge < -0.3 is 15.4 Å². The molecule has 0 aromatic heterocycles. The van der Waals surface area contributed by atoms with E-state index < -0.39 is 22.5 Å². The van der Waals surface area contributed by atoms with E-state index in [2.05, 4.69) is 10.6 Å². The lowest BCUT2D eigenvalue weighted by Gasteiger charge is -2.22. The molecule has 1 atom stereocenters. The molecule has 2 N–H and O–H groups in total. The number of ether oxygens (including phenoxy) is 1. The first kappa shape index (κ1) is 22.8. The average molecular weight is 397 g/mol. The summed E-state index contributed by atoms with van der Waals surface area (Å²) in [7, 11) is 0. The Hall–Kier alpha value is -2.29. The highest BCUT2D eigenvalue weighted by Gasteiger charge is 2.23. The molecule has 150 valence electrons. The fraction of sp³-hybridized carbons (Fsp3) is 0.556. The lowest BCUT2D eigenvalue weighted by Crippen LogP contribution is -2.40. The zero-order valence-electron chi connectivity index (χ0n) is 16.1. The van der Waals surface area contributed by atoms with Crippen LogP contribution in [0.15, 0.2) is 24.3 Å². The third-order valence-electron chi connectivity index (χ3n) is 3.42. The third kappa shape index (κ3) is 8.76. The third-order valence-corrected chi connectivity index (χ3v) is 4.32. The van der Waals surface area contributed by atoms with Gasteiger partial charge in [-0.25, -0.2) is 4.79 Å². The number of carbonyl (C=O) groups excluding carboxylic acids is 2. The maximum atomic E-state index is 12.6. The summed E-state index contributed by atoms with van der Waals surface area (Å²) in [6.07, 6.45) is -0.622. The van der Waals surface area contributed by atoms with E-state index in [-0.39, 0.29) is 18.1 Å². The molecule has 0 fully saturated rings. The van der Waals surface area contributed by atoms with Crippen LogP contribution in [-0.2, 0) is 9.53 Å². The van der Waals surface area contributed by atoms with Gasteiger partial charge in [0.25, 0.3) is 5.69 Å². The number of rotatable bonds is 9. The Morgan fingerprint density at radius 2 is 1.85 bits per heavy atom. The van der Waals surface area contributed by atoms with Gasteiger partial charge in [-0.15, -0.1) is 0 Å². The van der Waals surface area contributed by atoms with Crippen molar-refractivity contribution in [1.82, 2.24) is 10.6 Å². The molecule has 1 aromatic rings. The van der Waals surface area contributed by atoms with Crippen LogP contribution in [0.1, 0.15) is 39.2 Å². The molecule has 2 amide bonds. The zero-order chi connectivity index (χ0) is 20.4. The lowest BCUT2D eigenvalue weighted by atomic mass is 9.97. The molecule has 0 aliphatic rings. The number of hydrogen-bond acceptors (Lipinski definition) is 6. The summed E-state index contributed by atoms with van der Waals surface area (Å²) in [5.74, 6) is 0.817. The lowest BCUT2D eigenvalue weighted by molar-refractivity contribution is -0.384. The van der Waals surface area contributed by atoms with E-state index in [0.717, 1.165) is 11.5 Å². The van der Waals surface area contributed by atoms with Crippen molar-refractivity contribution in [2.75, 3.05) is 24.6 Å². The fourth-order valence-electron chi connectivity index (χ4n) is 2.20. The number of carbonyl (C=O) groups is 2. The number of nitrogens with one attached hydrogen (secondary N) is 2. The molecule has 1 aromatic carbocycles. The van der Waals surface area contributed by atoms with Gasteiger partial charge in [0.2, 0.25) is 5.91 Å². The van der Waals surface area contributed by atoms with Crippen LogP contribution in [0.2, 0.25) is 0 Å². The second-order valence-electron chi connectivity index (χ2n) is 6.77. The van der Waals surface area contributed by atoms with Crippen molar-refractivity contribution in [2.45, 2.75) is 39.2 Å². The Morgan fingerprint density at radius 3 is 2.37 bits per heavy atom. The molecule has 0 aliphatic carbocycles. The van der Waals surface area contributed by atoms with Crippen molar-refractivity contribution >= 4 is 29.4 Å². The summed E-state index contributed by atoms with van der Waals surface area (Å²) < 4.78 is 5.19. The molecule has 0 radical (unpaired) electrons. The molecule has 0 spiro atoms. The minimum Gasteiger partial charge on any atom is -0.444 e. The predicted octanol–water partition coefficient (Wildman–Crippen LogP) is 3.07. The highest BCUT2D eigenvalue weighted by molar-refractivity contribution is 7.99. The summed E-state index contributed by atoms with van der Waals surface area (Å²) in [5, 5.41) is 16.3. The van der Waals surface area contributed by atoms with Crippen molar-refractivity contribution in [3.05, 3.63) is 39.9 Å². The minimum atomic E-state index is -0.676. The van der Waals surface area contributed by atoms with Crippen LogP contribution in [0, 0.1) is 10.1 Å². The van der Waals surface area contributed by atoms with Crippen LogP contribution in [-0.4, -0.2) is 47.1 Å². The number of thioether (sulfide) groups is 1. The van der Waals surface area contributed by atoms with E-state index in [1.165, 1.54) is 24.3 Å². The number of benzene rings is 1. The van der Waals surface area contributed by atoms with Crippen LogP contribution >= 0.6 is 11.8 Å². The molecule has 8 nitrogen and oxygen atoms in total. The first-order valence-electron chi connectivity index (χ1n) is 8.70. The number of non-ortho nitro benzene ring substituents is 1. The summed E-state index contributed by atoms with van der Waals surface area (Å²) in [5.41, 5.74) is -0.123. The van der Waals surface area contributed by atoms with Gasteiger partial charge in [0.05, 0.1) is 10.8 Å². The average Bonchev–Trinajstić information content (AvgIpc) is 2.57. The van der Waals surface area contributed by atoms with Crippen LogP contribution in [0.25, 0.3) is 0 Å². The topological polar surface area (TPSA) is 111 Å². The first-order chi connectivity index (χ1) is 12.6. The van der Waals surface area contributed by atoms with Gasteiger partial charge in [0.1, 0.15) is 5.60 Å². The summed E-state index contributed by atoms with van der Waals surface area (Å²) in [6.45, 7) is 7.82. The SMILES string of the molecule is CCSCCNC(=O)[C@@H](CNC(=O)OC(C)(C)C)c1ccc([N+](=O)[O-])cc1. The van der Waals surface area contributed by atoms with Gasteiger partial charge in [0.15, 0.2) is 0 Å². The molecule has 0 unspecified atom stereocenters. The zero-order valence-corrected chi connectivity index (χ0v) is 16.9. The van der Waals surface area contributed by atoms with Crippen LogP contribution in [0.3, 0.4) is 0 Å². The molecule has 0 bridgehead atoms. The maximum Gasteiger partial charge on any atom is 0.407 e. The number of hydrogen-bond donors (Lipinski definition) is 2. The normalized spacial score (nSPS) is 12.1. The van der Waals surface area contributed by atoms with E-state index >= 15 is 0 Å². The van der Waals surface area contributed by atoms with Gasteiger partial charge in [-0.1, -0.05) is 19.1 Å². The molecular formula is C18H27N3O5S. The summed E-state index contributed by atoms with van der Waals surface area (Å²) in [4.78, 5) is 34.8. The molecule has 0 saturated carbocycles. The van der Waals surface area contributed by atoms with Gasteiger partial charge in [-0.2, -0.15) is 11.8 Å². The number of nitro groups is 1. The standard InChI is InChI=1S/C18H27N3O5S/c1-5-27-11-10-19-16(22)15(12-20-17(23)26-18(2,3)4)13-6-8-14(9-7-13)21(24)25/h6-9,15H,5,10-12H2,1-4H3,(H,19,22)(H,20,23)/t15-/m0/s1. The van der Waals surface area contributed by atoms with Crippen LogP contribution in [0.5, 0.6) is 0 Å². The number of amides is 2. The summed E-state index contributed by atoms with van der Waals surface area (Å²) in [6, 6.07) is 5.74. The van der Waals surface area contributed by atoms with Crippen molar-refractivity contribution in [2.24, 2.45) is 0 Å². The van der Waals surface area contributed by atoms with Crippen molar-refractivity contribution < 1.29 is 19.2 Å². The van der Waals surface area contributed by atoms with E-state index in [1.807, 2.05) is 6.92 Å². The van der Waals surface area contributed by atoms with E-state index in [1.54, 1.807) is 32.5 Å². The Labute approximate surface area is 163 Å². The number of nitro benzene ring substituents is 1. The van der Waals surface area contributed by atoms with E-state index in [4.69, 9.17) is 4.74 Å². The predicted molar refractivity (Wildman–Crippen MR) is 106 cm³/mol. The highest BCUT2D eigenvalue weighted by atomic mass is 32.2. The van der Waals surface area contributed by atoms with Crippen LogP contribution in [0.4, 0.5) is 10.5 Å². The second-order valence-corrected chi connectivity index (χ2v) is 8.17. The monoisotopic (exact) mass is 397 g/mol. The molecule has 0 heterocycles.